The molecule has 5 rings (SSSR count). The molecule has 2 unspecified atom stereocenters. The lowest BCUT2D eigenvalue weighted by Gasteiger charge is -2.33. The predicted octanol–water partition coefficient (Wildman–Crippen LogP) is 0.335. The van der Waals surface area contributed by atoms with Crippen LogP contribution in [0.25, 0.3) is 0 Å². The highest BCUT2D eigenvalue weighted by molar-refractivity contribution is 6.05. The van der Waals surface area contributed by atoms with Crippen molar-refractivity contribution >= 4 is 17.7 Å². The lowest BCUT2D eigenvalue weighted by molar-refractivity contribution is -0.136. The van der Waals surface area contributed by atoms with Crippen molar-refractivity contribution in [1.82, 2.24) is 30.1 Å². The highest BCUT2D eigenvalue weighted by Crippen LogP contribution is 2.31. The van der Waals surface area contributed by atoms with Crippen molar-refractivity contribution in [2.75, 3.05) is 13.1 Å². The Bertz CT molecular complexity index is 1070. The van der Waals surface area contributed by atoms with Gasteiger partial charge in [-0.1, -0.05) is 17.3 Å². The number of carbonyl (C=O) groups excluding carboxylic acids is 3. The molecule has 0 aliphatic carbocycles. The summed E-state index contributed by atoms with van der Waals surface area (Å²) in [6.45, 7) is 3.33. The number of nitrogens with two attached hydrogens (primary N) is 1. The first kappa shape index (κ1) is 20.8. The van der Waals surface area contributed by atoms with Crippen LogP contribution < -0.4 is 11.1 Å². The summed E-state index contributed by atoms with van der Waals surface area (Å²) in [4.78, 5) is 40.9. The number of carbonyl (C=O) groups is 3. The molecule has 3 aliphatic rings. The van der Waals surface area contributed by atoms with Crippen molar-refractivity contribution in [2.24, 2.45) is 5.73 Å². The van der Waals surface area contributed by atoms with Gasteiger partial charge in [-0.25, -0.2) is 4.68 Å². The third-order valence-corrected chi connectivity index (χ3v) is 6.69. The second kappa shape index (κ2) is 8.44. The van der Waals surface area contributed by atoms with Gasteiger partial charge in [-0.3, -0.25) is 24.6 Å². The van der Waals surface area contributed by atoms with Crippen molar-refractivity contribution < 1.29 is 14.4 Å². The molecule has 2 aromatic rings. The number of rotatable bonds is 5. The molecule has 3 aliphatic heterocycles. The van der Waals surface area contributed by atoms with E-state index in [1.165, 1.54) is 0 Å². The molecular weight excluding hydrogens is 410 g/mol. The molecule has 2 atom stereocenters. The second-order valence-corrected chi connectivity index (χ2v) is 8.77. The first-order valence-electron chi connectivity index (χ1n) is 11.1. The van der Waals surface area contributed by atoms with Crippen LogP contribution >= 0.6 is 0 Å². The molecule has 10 nitrogen and oxygen atoms in total. The number of aromatic nitrogens is 3. The average Bonchev–Trinajstić information content (AvgIpc) is 3.40. The molecular formula is C22H27N7O3. The predicted molar refractivity (Wildman–Crippen MR) is 114 cm³/mol. The third kappa shape index (κ3) is 3.80. The number of benzene rings is 1. The van der Waals surface area contributed by atoms with Gasteiger partial charge in [0.15, 0.2) is 0 Å². The molecule has 2 fully saturated rings. The Morgan fingerprint density at radius 3 is 2.84 bits per heavy atom. The highest BCUT2D eigenvalue weighted by Gasteiger charge is 2.40. The number of hydrogen-bond donors (Lipinski definition) is 2. The topological polar surface area (TPSA) is 126 Å². The van der Waals surface area contributed by atoms with Gasteiger partial charge in [0.25, 0.3) is 5.91 Å². The minimum atomic E-state index is -0.594. The van der Waals surface area contributed by atoms with E-state index >= 15 is 0 Å². The van der Waals surface area contributed by atoms with E-state index in [0.29, 0.717) is 25.1 Å². The quantitative estimate of drug-likeness (QED) is 0.646. The van der Waals surface area contributed by atoms with Gasteiger partial charge >= 0.3 is 0 Å². The summed E-state index contributed by atoms with van der Waals surface area (Å²) in [6.07, 6.45) is 4.64. The van der Waals surface area contributed by atoms with Gasteiger partial charge in [-0.05, 0) is 43.0 Å². The van der Waals surface area contributed by atoms with Gasteiger partial charge in [-0.15, -0.1) is 5.10 Å². The fourth-order valence-corrected chi connectivity index (χ4v) is 5.01. The van der Waals surface area contributed by atoms with Gasteiger partial charge in [-0.2, -0.15) is 0 Å². The number of piperidine rings is 2. The monoisotopic (exact) mass is 437 g/mol. The number of fused-ring (bicyclic) bond motifs is 1. The number of imide groups is 1. The summed E-state index contributed by atoms with van der Waals surface area (Å²) in [6, 6.07) is 5.45. The van der Waals surface area contributed by atoms with Crippen LogP contribution in [0.4, 0.5) is 0 Å². The molecule has 0 saturated carbocycles. The number of hydrogen-bond acceptors (Lipinski definition) is 7. The van der Waals surface area contributed by atoms with Crippen molar-refractivity contribution in [2.45, 2.75) is 57.4 Å². The van der Waals surface area contributed by atoms with Crippen LogP contribution in [0.2, 0.25) is 0 Å². The van der Waals surface area contributed by atoms with Crippen molar-refractivity contribution in [3.05, 3.63) is 46.8 Å². The lowest BCUT2D eigenvalue weighted by Crippen LogP contribution is -2.52. The average molecular weight is 438 g/mol. The third-order valence-electron chi connectivity index (χ3n) is 6.69. The summed E-state index contributed by atoms with van der Waals surface area (Å²) in [5.74, 6) is -0.793. The largest absolute Gasteiger partial charge is 0.325 e. The Balaban J connectivity index is 1.31. The molecule has 2 saturated heterocycles. The van der Waals surface area contributed by atoms with Crippen LogP contribution in [-0.2, 0) is 29.2 Å². The van der Waals surface area contributed by atoms with Crippen LogP contribution in [0.3, 0.4) is 0 Å². The molecule has 10 heteroatoms. The smallest absolute Gasteiger partial charge is 0.255 e. The van der Waals surface area contributed by atoms with E-state index in [2.05, 4.69) is 26.6 Å². The number of nitrogens with one attached hydrogen (secondary N) is 1. The van der Waals surface area contributed by atoms with E-state index in [4.69, 9.17) is 5.73 Å². The van der Waals surface area contributed by atoms with E-state index < -0.39 is 6.04 Å². The normalized spacial score (nSPS) is 24.0. The zero-order valence-corrected chi connectivity index (χ0v) is 17.9. The van der Waals surface area contributed by atoms with Crippen LogP contribution in [-0.4, -0.2) is 61.6 Å². The van der Waals surface area contributed by atoms with Crippen LogP contribution in [0.15, 0.2) is 24.4 Å². The highest BCUT2D eigenvalue weighted by atomic mass is 16.2. The Labute approximate surface area is 185 Å². The summed E-state index contributed by atoms with van der Waals surface area (Å²) < 4.78 is 1.91. The van der Waals surface area contributed by atoms with E-state index in [-0.39, 0.29) is 30.2 Å². The molecule has 0 radical (unpaired) electrons. The van der Waals surface area contributed by atoms with Gasteiger partial charge in [0, 0.05) is 38.2 Å². The van der Waals surface area contributed by atoms with Crippen LogP contribution in [0, 0.1) is 0 Å². The maximum Gasteiger partial charge on any atom is 0.255 e. The maximum absolute atomic E-state index is 13.1. The van der Waals surface area contributed by atoms with Gasteiger partial charge in [0.2, 0.25) is 11.8 Å². The van der Waals surface area contributed by atoms with Crippen molar-refractivity contribution in [3.63, 3.8) is 0 Å². The molecule has 0 bridgehead atoms. The minimum absolute atomic E-state index is 0.134. The fraction of sp³-hybridized carbons (Fsp3) is 0.500. The van der Waals surface area contributed by atoms with E-state index in [0.717, 1.165) is 49.3 Å². The standard InChI is InChI=1S/C22H27N7O3/c23-9-15-11-29(26-25-15)16-4-2-8-27(12-16)10-14-3-1-5-17-18(14)13-28(22(17)32)19-6-7-20(30)24-21(19)31/h1,3,5,11,16,19H,2,4,6-10,12-13,23H2,(H,24,30,31). The summed E-state index contributed by atoms with van der Waals surface area (Å²) in [5.41, 5.74) is 9.20. The zero-order chi connectivity index (χ0) is 22.2. The van der Waals surface area contributed by atoms with E-state index in [1.807, 2.05) is 23.0 Å². The number of likely N-dealkylation sites (tertiary alicyclic amines) is 1. The molecule has 3 amide bonds. The number of amides is 3. The fourth-order valence-electron chi connectivity index (χ4n) is 5.01. The SMILES string of the molecule is NCc1cn(C2CCCN(Cc3cccc4c3CN(C3CCC(=O)NC3=O)C4=O)C2)nn1. The first-order valence-corrected chi connectivity index (χ1v) is 11.1. The lowest BCUT2D eigenvalue weighted by atomic mass is 10.0. The van der Waals surface area contributed by atoms with Gasteiger partial charge in [0.1, 0.15) is 6.04 Å². The zero-order valence-electron chi connectivity index (χ0n) is 17.9. The molecule has 32 heavy (non-hydrogen) atoms. The van der Waals surface area contributed by atoms with Crippen molar-refractivity contribution in [1.29, 1.82) is 0 Å². The molecule has 168 valence electrons. The Morgan fingerprint density at radius 1 is 1.19 bits per heavy atom. The Kier molecular flexibility index (Phi) is 5.48. The summed E-state index contributed by atoms with van der Waals surface area (Å²) in [7, 11) is 0. The maximum atomic E-state index is 13.1. The van der Waals surface area contributed by atoms with E-state index in [9.17, 15) is 14.4 Å². The first-order chi connectivity index (χ1) is 15.5. The minimum Gasteiger partial charge on any atom is -0.325 e. The van der Waals surface area contributed by atoms with Crippen LogP contribution in [0.1, 0.15) is 58.9 Å². The molecule has 3 N–H and O–H groups in total. The Hall–Kier alpha value is -3.11. The van der Waals surface area contributed by atoms with E-state index in [1.54, 1.807) is 4.90 Å². The molecule has 4 heterocycles. The number of nitrogens with zero attached hydrogens (tertiary/aromatic N) is 5. The van der Waals surface area contributed by atoms with Crippen LogP contribution in [0.5, 0.6) is 0 Å². The molecule has 1 aromatic heterocycles. The molecule has 0 spiro atoms. The molecule has 1 aromatic carbocycles. The van der Waals surface area contributed by atoms with Crippen molar-refractivity contribution in [3.8, 4) is 0 Å². The summed E-state index contributed by atoms with van der Waals surface area (Å²) in [5, 5.41) is 10.7. The summed E-state index contributed by atoms with van der Waals surface area (Å²) >= 11 is 0. The van der Waals surface area contributed by atoms with Gasteiger partial charge < -0.3 is 10.6 Å². The second-order valence-electron chi connectivity index (χ2n) is 8.77. The van der Waals surface area contributed by atoms with Gasteiger partial charge in [0.05, 0.1) is 17.9 Å². The Morgan fingerprint density at radius 2 is 2.06 bits per heavy atom.